The Bertz CT molecular complexity index is 1450. The quantitative estimate of drug-likeness (QED) is 0.292. The molecule has 7 heteroatoms. The third-order valence-electron chi connectivity index (χ3n) is 6.05. The standard InChI is InChI=1S/C28H28N4O3/c1-33-21-10-8-18-14-20(17-29-13-12-27-30-22-6-4-5-7-23(22)31-27)28(32-24(18)16-21)19-9-11-25(34-2)26(15-19)35-3/h4-11,14-16,29H,12-13,17H2,1-3H3,(H,30,31). The molecule has 5 rings (SSSR count). The van der Waals surface area contributed by atoms with Crippen LogP contribution in [0.15, 0.2) is 66.7 Å². The van der Waals surface area contributed by atoms with Gasteiger partial charge in [-0.25, -0.2) is 9.97 Å². The van der Waals surface area contributed by atoms with Gasteiger partial charge in [-0.05, 0) is 54.1 Å². The van der Waals surface area contributed by atoms with E-state index in [9.17, 15) is 0 Å². The molecule has 178 valence electrons. The van der Waals surface area contributed by atoms with Crippen LogP contribution in [0.3, 0.4) is 0 Å². The van der Waals surface area contributed by atoms with Gasteiger partial charge in [0.15, 0.2) is 11.5 Å². The zero-order valence-electron chi connectivity index (χ0n) is 20.1. The van der Waals surface area contributed by atoms with Gasteiger partial charge in [-0.2, -0.15) is 0 Å². The van der Waals surface area contributed by atoms with Gasteiger partial charge >= 0.3 is 0 Å². The van der Waals surface area contributed by atoms with Crippen LogP contribution >= 0.6 is 0 Å². The Morgan fingerprint density at radius 1 is 0.800 bits per heavy atom. The van der Waals surface area contributed by atoms with Crippen LogP contribution < -0.4 is 19.5 Å². The molecule has 0 radical (unpaired) electrons. The molecule has 2 heterocycles. The summed E-state index contributed by atoms with van der Waals surface area (Å²) in [5.41, 5.74) is 5.88. The van der Waals surface area contributed by atoms with E-state index in [1.165, 1.54) is 0 Å². The topological polar surface area (TPSA) is 81.3 Å². The van der Waals surface area contributed by atoms with E-state index in [2.05, 4.69) is 21.4 Å². The number of benzene rings is 3. The number of nitrogens with zero attached hydrogens (tertiary/aromatic N) is 2. The lowest BCUT2D eigenvalue weighted by Crippen LogP contribution is -2.18. The number of H-pyrrole nitrogens is 1. The molecule has 0 bridgehead atoms. The zero-order valence-corrected chi connectivity index (χ0v) is 20.1. The van der Waals surface area contributed by atoms with Crippen molar-refractivity contribution in [2.24, 2.45) is 0 Å². The number of hydrogen-bond acceptors (Lipinski definition) is 6. The highest BCUT2D eigenvalue weighted by Crippen LogP contribution is 2.34. The molecule has 0 aliphatic rings. The summed E-state index contributed by atoms with van der Waals surface area (Å²) in [6, 6.07) is 22.1. The summed E-state index contributed by atoms with van der Waals surface area (Å²) in [4.78, 5) is 13.1. The number of pyridine rings is 1. The Morgan fingerprint density at radius 3 is 2.46 bits per heavy atom. The highest BCUT2D eigenvalue weighted by atomic mass is 16.5. The average molecular weight is 469 g/mol. The smallest absolute Gasteiger partial charge is 0.161 e. The monoisotopic (exact) mass is 468 g/mol. The van der Waals surface area contributed by atoms with Crippen LogP contribution in [0.4, 0.5) is 0 Å². The minimum Gasteiger partial charge on any atom is -0.497 e. The van der Waals surface area contributed by atoms with Crippen molar-refractivity contribution in [3.8, 4) is 28.5 Å². The number of nitrogens with one attached hydrogen (secondary N) is 2. The largest absolute Gasteiger partial charge is 0.497 e. The second kappa shape index (κ2) is 10.0. The van der Waals surface area contributed by atoms with Crippen LogP contribution in [0, 0.1) is 0 Å². The molecule has 0 unspecified atom stereocenters. The Morgan fingerprint density at radius 2 is 1.66 bits per heavy atom. The molecule has 0 spiro atoms. The Balaban J connectivity index is 1.42. The molecule has 2 N–H and O–H groups in total. The third kappa shape index (κ3) is 4.76. The van der Waals surface area contributed by atoms with Crippen LogP contribution in [-0.2, 0) is 13.0 Å². The molecule has 0 fully saturated rings. The van der Waals surface area contributed by atoms with E-state index in [0.29, 0.717) is 18.0 Å². The second-order valence-corrected chi connectivity index (χ2v) is 8.25. The minimum atomic E-state index is 0.666. The van der Waals surface area contributed by atoms with Crippen molar-refractivity contribution in [2.75, 3.05) is 27.9 Å². The van der Waals surface area contributed by atoms with Crippen molar-refractivity contribution in [3.05, 3.63) is 78.1 Å². The van der Waals surface area contributed by atoms with E-state index >= 15 is 0 Å². The molecule has 0 aliphatic carbocycles. The van der Waals surface area contributed by atoms with Crippen LogP contribution in [0.2, 0.25) is 0 Å². The van der Waals surface area contributed by atoms with E-state index < -0.39 is 0 Å². The first kappa shape index (κ1) is 22.7. The maximum atomic E-state index is 5.54. The van der Waals surface area contributed by atoms with Crippen LogP contribution in [0.25, 0.3) is 33.2 Å². The predicted molar refractivity (Wildman–Crippen MR) is 138 cm³/mol. The van der Waals surface area contributed by atoms with Gasteiger partial charge in [-0.3, -0.25) is 0 Å². The lowest BCUT2D eigenvalue weighted by molar-refractivity contribution is 0.355. The predicted octanol–water partition coefficient (Wildman–Crippen LogP) is 5.14. The van der Waals surface area contributed by atoms with E-state index in [1.54, 1.807) is 21.3 Å². The highest BCUT2D eigenvalue weighted by Gasteiger charge is 2.13. The molecule has 0 amide bonds. The van der Waals surface area contributed by atoms with Crippen molar-refractivity contribution in [1.82, 2.24) is 20.3 Å². The number of methoxy groups -OCH3 is 3. The van der Waals surface area contributed by atoms with E-state index in [4.69, 9.17) is 19.2 Å². The number of aromatic nitrogens is 3. The molecule has 3 aromatic carbocycles. The summed E-state index contributed by atoms with van der Waals surface area (Å²) in [5.74, 6) is 3.10. The molecular formula is C28H28N4O3. The number of fused-ring (bicyclic) bond motifs is 2. The number of para-hydroxylation sites is 2. The maximum absolute atomic E-state index is 5.54. The third-order valence-corrected chi connectivity index (χ3v) is 6.05. The summed E-state index contributed by atoms with van der Waals surface area (Å²) in [6.07, 6.45) is 0.804. The van der Waals surface area contributed by atoms with Crippen LogP contribution in [0.5, 0.6) is 17.2 Å². The number of rotatable bonds is 9. The van der Waals surface area contributed by atoms with Gasteiger partial charge in [0.25, 0.3) is 0 Å². The van der Waals surface area contributed by atoms with Gasteiger partial charge in [0.2, 0.25) is 0 Å². The first-order valence-electron chi connectivity index (χ1n) is 11.5. The van der Waals surface area contributed by atoms with E-state index in [1.807, 2.05) is 60.7 Å². The zero-order chi connectivity index (χ0) is 24.2. The normalized spacial score (nSPS) is 11.2. The molecule has 0 saturated carbocycles. The lowest BCUT2D eigenvalue weighted by Gasteiger charge is -2.14. The van der Waals surface area contributed by atoms with Crippen molar-refractivity contribution in [2.45, 2.75) is 13.0 Å². The minimum absolute atomic E-state index is 0.666. The first-order valence-corrected chi connectivity index (χ1v) is 11.5. The van der Waals surface area contributed by atoms with Gasteiger partial charge in [-0.1, -0.05) is 12.1 Å². The number of hydrogen-bond donors (Lipinski definition) is 2. The molecule has 0 atom stereocenters. The van der Waals surface area contributed by atoms with Crippen molar-refractivity contribution >= 4 is 21.9 Å². The highest BCUT2D eigenvalue weighted by molar-refractivity contribution is 5.85. The van der Waals surface area contributed by atoms with Crippen molar-refractivity contribution < 1.29 is 14.2 Å². The maximum Gasteiger partial charge on any atom is 0.161 e. The number of ether oxygens (including phenoxy) is 3. The molecule has 0 saturated heterocycles. The average Bonchev–Trinajstić information content (AvgIpc) is 3.33. The second-order valence-electron chi connectivity index (χ2n) is 8.25. The molecule has 0 aliphatic heterocycles. The number of aromatic amines is 1. The molecule has 2 aromatic heterocycles. The molecule has 35 heavy (non-hydrogen) atoms. The van der Waals surface area contributed by atoms with Crippen molar-refractivity contribution in [1.29, 1.82) is 0 Å². The van der Waals surface area contributed by atoms with Crippen LogP contribution in [-0.4, -0.2) is 42.8 Å². The summed E-state index contributed by atoms with van der Waals surface area (Å²) in [7, 11) is 4.94. The van der Waals surface area contributed by atoms with E-state index in [0.717, 1.165) is 63.3 Å². The van der Waals surface area contributed by atoms with Gasteiger partial charge in [0.1, 0.15) is 11.6 Å². The van der Waals surface area contributed by atoms with Gasteiger partial charge in [0, 0.05) is 36.5 Å². The summed E-state index contributed by atoms with van der Waals surface area (Å²) in [5, 5.41) is 4.62. The van der Waals surface area contributed by atoms with Gasteiger partial charge in [-0.15, -0.1) is 0 Å². The Labute approximate surface area is 204 Å². The molecular weight excluding hydrogens is 440 g/mol. The lowest BCUT2D eigenvalue weighted by atomic mass is 10.0. The fraction of sp³-hybridized carbons (Fsp3) is 0.214. The van der Waals surface area contributed by atoms with Gasteiger partial charge in [0.05, 0.1) is 43.6 Å². The fourth-order valence-corrected chi connectivity index (χ4v) is 4.24. The SMILES string of the molecule is COc1ccc2cc(CNCCc3nc4ccccc4[nH]3)c(-c3ccc(OC)c(OC)c3)nc2c1. The first-order chi connectivity index (χ1) is 17.2. The Hall–Kier alpha value is -4.10. The number of imidazole rings is 1. The van der Waals surface area contributed by atoms with Gasteiger partial charge < -0.3 is 24.5 Å². The summed E-state index contributed by atoms with van der Waals surface area (Å²) >= 11 is 0. The molecule has 7 nitrogen and oxygen atoms in total. The van der Waals surface area contributed by atoms with E-state index in [-0.39, 0.29) is 0 Å². The fourth-order valence-electron chi connectivity index (χ4n) is 4.24. The summed E-state index contributed by atoms with van der Waals surface area (Å²) in [6.45, 7) is 1.45. The molecule has 5 aromatic rings. The van der Waals surface area contributed by atoms with Crippen molar-refractivity contribution in [3.63, 3.8) is 0 Å². The Kier molecular flexibility index (Phi) is 6.50. The van der Waals surface area contributed by atoms with Crippen LogP contribution in [0.1, 0.15) is 11.4 Å². The summed E-state index contributed by atoms with van der Waals surface area (Å²) < 4.78 is 16.4.